The van der Waals surface area contributed by atoms with Gasteiger partial charge in [0.15, 0.2) is 17.3 Å². The predicted molar refractivity (Wildman–Crippen MR) is 114 cm³/mol. The number of anilines is 2. The number of rotatable bonds is 4. The number of aromatic nitrogens is 3. The van der Waals surface area contributed by atoms with Gasteiger partial charge in [-0.3, -0.25) is 4.79 Å². The number of hydrogen-bond donors (Lipinski definition) is 2. The third kappa shape index (κ3) is 2.93. The van der Waals surface area contributed by atoms with Crippen LogP contribution in [0.15, 0.2) is 46.3 Å². The number of nitrogens with two attached hydrogens (primary N) is 1. The van der Waals surface area contributed by atoms with Gasteiger partial charge < -0.3 is 20.5 Å². The smallest absolute Gasteiger partial charge is 0.241 e. The van der Waals surface area contributed by atoms with E-state index in [-0.39, 0.29) is 23.7 Å². The van der Waals surface area contributed by atoms with Gasteiger partial charge in [0.2, 0.25) is 11.9 Å². The Labute approximate surface area is 177 Å². The molecule has 2 atom stereocenters. The number of nitrogen functional groups attached to an aromatic ring is 1. The van der Waals surface area contributed by atoms with E-state index in [4.69, 9.17) is 15.2 Å². The molecule has 3 aromatic rings. The molecule has 3 heterocycles. The molecule has 9 heteroatoms. The van der Waals surface area contributed by atoms with Gasteiger partial charge in [-0.2, -0.15) is 16.3 Å². The Morgan fingerprint density at radius 1 is 1.17 bits per heavy atom. The highest BCUT2D eigenvalue weighted by atomic mass is 32.1. The highest BCUT2D eigenvalue weighted by Crippen LogP contribution is 2.45. The average Bonchev–Trinajstić information content (AvgIpc) is 3.40. The summed E-state index contributed by atoms with van der Waals surface area (Å²) < 4.78 is 12.5. The molecule has 0 amide bonds. The van der Waals surface area contributed by atoms with Crippen LogP contribution in [0.2, 0.25) is 0 Å². The van der Waals surface area contributed by atoms with Gasteiger partial charge in [-0.15, -0.1) is 5.10 Å². The minimum Gasteiger partial charge on any atom is -0.493 e. The molecular formula is C21H21N5O3S. The highest BCUT2D eigenvalue weighted by molar-refractivity contribution is 7.08. The topological polar surface area (TPSA) is 104 Å². The van der Waals surface area contributed by atoms with Gasteiger partial charge in [0.1, 0.15) is 6.04 Å². The van der Waals surface area contributed by atoms with E-state index in [1.807, 2.05) is 35.0 Å². The van der Waals surface area contributed by atoms with Crippen molar-refractivity contribution in [2.45, 2.75) is 24.8 Å². The van der Waals surface area contributed by atoms with Crippen LogP contribution in [-0.4, -0.2) is 34.8 Å². The fourth-order valence-corrected chi connectivity index (χ4v) is 4.99. The maximum Gasteiger partial charge on any atom is 0.241 e. The third-order valence-corrected chi connectivity index (χ3v) is 6.38. The van der Waals surface area contributed by atoms with Crippen LogP contribution in [-0.2, 0) is 4.79 Å². The molecule has 3 N–H and O–H groups in total. The van der Waals surface area contributed by atoms with Gasteiger partial charge in [0, 0.05) is 17.7 Å². The molecular weight excluding hydrogens is 402 g/mol. The van der Waals surface area contributed by atoms with Gasteiger partial charge in [0.25, 0.3) is 0 Å². The second-order valence-corrected chi connectivity index (χ2v) is 8.14. The number of nitrogens with one attached hydrogen (secondary N) is 1. The second kappa shape index (κ2) is 7.17. The number of methoxy groups -OCH3 is 2. The first-order valence-corrected chi connectivity index (χ1v) is 10.5. The van der Waals surface area contributed by atoms with Crippen LogP contribution in [0.4, 0.5) is 11.9 Å². The summed E-state index contributed by atoms with van der Waals surface area (Å²) in [6, 6.07) is 7.52. The molecule has 0 bridgehead atoms. The third-order valence-electron chi connectivity index (χ3n) is 5.67. The summed E-state index contributed by atoms with van der Waals surface area (Å²) in [5.74, 6) is 2.19. The van der Waals surface area contributed by atoms with E-state index >= 15 is 0 Å². The second-order valence-electron chi connectivity index (χ2n) is 7.36. The molecule has 0 saturated heterocycles. The van der Waals surface area contributed by atoms with Crippen molar-refractivity contribution in [3.8, 4) is 11.5 Å². The molecule has 0 fully saturated rings. The summed E-state index contributed by atoms with van der Waals surface area (Å²) in [7, 11) is 3.22. The number of Topliss-reactive ketones (excluding diaryl/α,β-unsaturated/α-hetero) is 1. The SMILES string of the molecule is COc1ccc([C@@H]2CC(=O)C3=C(C2)Nc2nc(N)nn2[C@H]3c2ccsc2)cc1OC. The fourth-order valence-electron chi connectivity index (χ4n) is 4.31. The van der Waals surface area contributed by atoms with Crippen LogP contribution in [0.25, 0.3) is 0 Å². The number of carbonyl (C=O) groups is 1. The van der Waals surface area contributed by atoms with Crippen molar-refractivity contribution in [1.82, 2.24) is 14.8 Å². The van der Waals surface area contributed by atoms with Gasteiger partial charge in [-0.25, -0.2) is 4.68 Å². The van der Waals surface area contributed by atoms with Crippen LogP contribution < -0.4 is 20.5 Å². The van der Waals surface area contributed by atoms with Crippen LogP contribution in [0, 0.1) is 0 Å². The molecule has 8 nitrogen and oxygen atoms in total. The maximum absolute atomic E-state index is 13.4. The summed E-state index contributed by atoms with van der Waals surface area (Å²) in [6.07, 6.45) is 1.10. The first kappa shape index (κ1) is 18.7. The van der Waals surface area contributed by atoms with Crippen molar-refractivity contribution in [1.29, 1.82) is 0 Å². The molecule has 0 radical (unpaired) electrons. The van der Waals surface area contributed by atoms with Crippen LogP contribution in [0.3, 0.4) is 0 Å². The van der Waals surface area contributed by atoms with E-state index in [1.54, 1.807) is 30.2 Å². The lowest BCUT2D eigenvalue weighted by Crippen LogP contribution is -2.33. The van der Waals surface area contributed by atoms with Crippen molar-refractivity contribution in [2.75, 3.05) is 25.3 Å². The monoisotopic (exact) mass is 423 g/mol. The van der Waals surface area contributed by atoms with Gasteiger partial charge >= 0.3 is 0 Å². The summed E-state index contributed by atoms with van der Waals surface area (Å²) >= 11 is 1.59. The number of allylic oxidation sites excluding steroid dienone is 2. The number of carbonyl (C=O) groups excluding carboxylic acids is 1. The zero-order valence-electron chi connectivity index (χ0n) is 16.6. The number of nitrogens with zero attached hydrogens (tertiary/aromatic N) is 3. The zero-order chi connectivity index (χ0) is 20.8. The number of hydrogen-bond acceptors (Lipinski definition) is 8. The number of benzene rings is 1. The first-order chi connectivity index (χ1) is 14.6. The van der Waals surface area contributed by atoms with E-state index in [1.165, 1.54) is 0 Å². The summed E-state index contributed by atoms with van der Waals surface area (Å²) in [5, 5.41) is 11.7. The van der Waals surface area contributed by atoms with E-state index < -0.39 is 0 Å². The van der Waals surface area contributed by atoms with Crippen molar-refractivity contribution in [2.24, 2.45) is 0 Å². The standard InChI is InChI=1S/C21H21N5O3S/c1-28-16-4-3-11(9-17(16)29-2)13-7-14-18(15(27)8-13)19(12-5-6-30-10-12)26-21(23-14)24-20(22)25-26/h3-6,9-10,13,19H,7-8H2,1-2H3,(H3,22,23,24,25)/t13-,19-/m0/s1. The van der Waals surface area contributed by atoms with Gasteiger partial charge in [-0.05, 0) is 52.4 Å². The van der Waals surface area contributed by atoms with Crippen molar-refractivity contribution < 1.29 is 14.3 Å². The largest absolute Gasteiger partial charge is 0.493 e. The van der Waals surface area contributed by atoms with E-state index in [9.17, 15) is 4.79 Å². The Bertz CT molecular complexity index is 1150. The van der Waals surface area contributed by atoms with E-state index in [2.05, 4.69) is 15.4 Å². The quantitative estimate of drug-likeness (QED) is 0.663. The Balaban J connectivity index is 1.56. The van der Waals surface area contributed by atoms with Crippen molar-refractivity contribution in [3.05, 3.63) is 57.4 Å². The van der Waals surface area contributed by atoms with Gasteiger partial charge in [0.05, 0.1) is 14.2 Å². The average molecular weight is 423 g/mol. The van der Waals surface area contributed by atoms with Crippen LogP contribution in [0.5, 0.6) is 11.5 Å². The molecule has 2 aliphatic rings. The Kier molecular flexibility index (Phi) is 4.47. The minimum atomic E-state index is -0.314. The molecule has 0 spiro atoms. The summed E-state index contributed by atoms with van der Waals surface area (Å²) in [6.45, 7) is 0. The number of ketones is 1. The minimum absolute atomic E-state index is 0.0264. The fraction of sp³-hybridized carbons (Fsp3) is 0.286. The predicted octanol–water partition coefficient (Wildman–Crippen LogP) is 3.35. The van der Waals surface area contributed by atoms with E-state index in [0.29, 0.717) is 30.3 Å². The highest BCUT2D eigenvalue weighted by Gasteiger charge is 2.39. The normalized spacial score (nSPS) is 20.4. The molecule has 0 unspecified atom stereocenters. The molecule has 1 aliphatic heterocycles. The molecule has 5 rings (SSSR count). The van der Waals surface area contributed by atoms with Crippen LogP contribution >= 0.6 is 11.3 Å². The zero-order valence-corrected chi connectivity index (χ0v) is 17.4. The lowest BCUT2D eigenvalue weighted by molar-refractivity contribution is -0.116. The molecule has 2 aromatic heterocycles. The summed E-state index contributed by atoms with van der Waals surface area (Å²) in [5.41, 5.74) is 9.53. The van der Waals surface area contributed by atoms with Crippen molar-refractivity contribution in [3.63, 3.8) is 0 Å². The van der Waals surface area contributed by atoms with E-state index in [0.717, 1.165) is 22.4 Å². The maximum atomic E-state index is 13.4. The Morgan fingerprint density at radius 2 is 2.00 bits per heavy atom. The molecule has 1 aromatic carbocycles. The Morgan fingerprint density at radius 3 is 2.73 bits per heavy atom. The van der Waals surface area contributed by atoms with Crippen LogP contribution in [0.1, 0.15) is 35.9 Å². The van der Waals surface area contributed by atoms with Gasteiger partial charge in [-0.1, -0.05) is 6.07 Å². The number of ether oxygens (including phenoxy) is 2. The summed E-state index contributed by atoms with van der Waals surface area (Å²) in [4.78, 5) is 17.7. The Hall–Kier alpha value is -3.33. The lowest BCUT2D eigenvalue weighted by atomic mass is 9.78. The lowest BCUT2D eigenvalue weighted by Gasteiger charge is -2.34. The van der Waals surface area contributed by atoms with Crippen molar-refractivity contribution >= 4 is 29.0 Å². The molecule has 30 heavy (non-hydrogen) atoms. The molecule has 1 aliphatic carbocycles. The number of thiophene rings is 1. The first-order valence-electron chi connectivity index (χ1n) is 9.58. The number of fused-ring (bicyclic) bond motifs is 1. The molecule has 0 saturated carbocycles. The molecule has 154 valence electrons.